The van der Waals surface area contributed by atoms with Crippen LogP contribution in [0, 0.1) is 0 Å². The highest BCUT2D eigenvalue weighted by Crippen LogP contribution is 2.29. The molecule has 2 aromatic carbocycles. The molecule has 2 aromatic rings. The Balaban J connectivity index is 1.78. The van der Waals surface area contributed by atoms with Crippen molar-refractivity contribution in [3.8, 4) is 5.75 Å². The minimum Gasteiger partial charge on any atom is -0.481 e. The van der Waals surface area contributed by atoms with Crippen LogP contribution in [0.4, 0.5) is 13.2 Å². The van der Waals surface area contributed by atoms with Crippen molar-refractivity contribution >= 4 is 5.91 Å². The molecular weight excluding hydrogens is 319 g/mol. The second-order valence-corrected chi connectivity index (χ2v) is 5.31. The summed E-state index contributed by atoms with van der Waals surface area (Å²) >= 11 is 0. The second-order valence-electron chi connectivity index (χ2n) is 5.31. The SMILES string of the molecule is C[C@@H](Oc1ccccc1)C(=O)NCCc1ccc(C(F)(F)F)cc1. The van der Waals surface area contributed by atoms with Gasteiger partial charge in [0.1, 0.15) is 5.75 Å². The predicted octanol–water partition coefficient (Wildman–Crippen LogP) is 3.83. The lowest BCUT2D eigenvalue weighted by atomic mass is 10.1. The molecule has 0 fully saturated rings. The van der Waals surface area contributed by atoms with E-state index in [-0.39, 0.29) is 5.91 Å². The third-order valence-electron chi connectivity index (χ3n) is 3.42. The summed E-state index contributed by atoms with van der Waals surface area (Å²) in [5.41, 5.74) is 0.0418. The molecule has 0 saturated carbocycles. The fourth-order valence-electron chi connectivity index (χ4n) is 2.09. The maximum Gasteiger partial charge on any atom is 0.416 e. The van der Waals surface area contributed by atoms with Crippen LogP contribution in [-0.2, 0) is 17.4 Å². The summed E-state index contributed by atoms with van der Waals surface area (Å²) in [7, 11) is 0. The topological polar surface area (TPSA) is 38.3 Å². The molecule has 0 heterocycles. The predicted molar refractivity (Wildman–Crippen MR) is 84.7 cm³/mol. The number of hydrogen-bond donors (Lipinski definition) is 1. The van der Waals surface area contributed by atoms with Crippen molar-refractivity contribution < 1.29 is 22.7 Å². The van der Waals surface area contributed by atoms with E-state index in [0.29, 0.717) is 18.7 Å². The minimum atomic E-state index is -4.34. The molecule has 2 rings (SSSR count). The van der Waals surface area contributed by atoms with E-state index in [2.05, 4.69) is 5.32 Å². The molecule has 1 N–H and O–H groups in total. The maximum atomic E-state index is 12.5. The number of hydrogen-bond acceptors (Lipinski definition) is 2. The van der Waals surface area contributed by atoms with E-state index in [1.54, 1.807) is 19.1 Å². The van der Waals surface area contributed by atoms with Gasteiger partial charge in [0, 0.05) is 6.54 Å². The van der Waals surface area contributed by atoms with Crippen molar-refractivity contribution in [3.63, 3.8) is 0 Å². The van der Waals surface area contributed by atoms with Crippen molar-refractivity contribution in [1.82, 2.24) is 5.32 Å². The Kier molecular flexibility index (Phi) is 5.84. The number of para-hydroxylation sites is 1. The number of amides is 1. The van der Waals surface area contributed by atoms with E-state index in [0.717, 1.165) is 17.7 Å². The van der Waals surface area contributed by atoms with Crippen LogP contribution in [0.1, 0.15) is 18.1 Å². The van der Waals surface area contributed by atoms with Crippen LogP contribution < -0.4 is 10.1 Å². The second kappa shape index (κ2) is 7.86. The highest BCUT2D eigenvalue weighted by atomic mass is 19.4. The lowest BCUT2D eigenvalue weighted by molar-refractivity contribution is -0.137. The third-order valence-corrected chi connectivity index (χ3v) is 3.42. The summed E-state index contributed by atoms with van der Waals surface area (Å²) < 4.78 is 42.9. The standard InChI is InChI=1S/C18H18F3NO2/c1-13(24-16-5-3-2-4-6-16)17(23)22-12-11-14-7-9-15(10-8-14)18(19,20)21/h2-10,13H,11-12H2,1H3,(H,22,23)/t13-/m1/s1. The molecule has 0 aliphatic carbocycles. The summed E-state index contributed by atoms with van der Waals surface area (Å²) in [4.78, 5) is 11.9. The van der Waals surface area contributed by atoms with Crippen LogP contribution in [0.15, 0.2) is 54.6 Å². The molecular formula is C18H18F3NO2. The Morgan fingerprint density at radius 2 is 1.71 bits per heavy atom. The number of carbonyl (C=O) groups excluding carboxylic acids is 1. The van der Waals surface area contributed by atoms with E-state index in [1.807, 2.05) is 18.2 Å². The Labute approximate surface area is 138 Å². The van der Waals surface area contributed by atoms with E-state index >= 15 is 0 Å². The average molecular weight is 337 g/mol. The van der Waals surface area contributed by atoms with Gasteiger partial charge in [0.15, 0.2) is 6.10 Å². The van der Waals surface area contributed by atoms with Crippen molar-refractivity contribution in [2.75, 3.05) is 6.54 Å². The molecule has 0 bridgehead atoms. The zero-order valence-electron chi connectivity index (χ0n) is 13.1. The Hall–Kier alpha value is -2.50. The molecule has 3 nitrogen and oxygen atoms in total. The van der Waals surface area contributed by atoms with E-state index < -0.39 is 17.8 Å². The molecule has 1 amide bonds. The minimum absolute atomic E-state index is 0.272. The number of ether oxygens (including phenoxy) is 1. The Bertz CT molecular complexity index is 654. The van der Waals surface area contributed by atoms with Crippen LogP contribution >= 0.6 is 0 Å². The average Bonchev–Trinajstić information content (AvgIpc) is 2.55. The molecule has 0 spiro atoms. The fourth-order valence-corrected chi connectivity index (χ4v) is 2.09. The van der Waals surface area contributed by atoms with Crippen molar-refractivity contribution in [2.45, 2.75) is 25.6 Å². The van der Waals surface area contributed by atoms with Gasteiger partial charge in [0.25, 0.3) is 5.91 Å². The lowest BCUT2D eigenvalue weighted by Gasteiger charge is -2.14. The highest BCUT2D eigenvalue weighted by molar-refractivity contribution is 5.80. The van der Waals surface area contributed by atoms with E-state index in [1.165, 1.54) is 12.1 Å². The third kappa shape index (κ3) is 5.30. The van der Waals surface area contributed by atoms with Crippen molar-refractivity contribution in [3.05, 3.63) is 65.7 Å². The van der Waals surface area contributed by atoms with Crippen LogP contribution in [0.2, 0.25) is 0 Å². The fraction of sp³-hybridized carbons (Fsp3) is 0.278. The van der Waals surface area contributed by atoms with Crippen LogP contribution in [-0.4, -0.2) is 18.6 Å². The zero-order valence-corrected chi connectivity index (χ0v) is 13.1. The smallest absolute Gasteiger partial charge is 0.416 e. The summed E-state index contributed by atoms with van der Waals surface area (Å²) in [6, 6.07) is 13.9. The molecule has 0 aliphatic rings. The largest absolute Gasteiger partial charge is 0.481 e. The quantitative estimate of drug-likeness (QED) is 0.870. The van der Waals surface area contributed by atoms with Gasteiger partial charge >= 0.3 is 6.18 Å². The van der Waals surface area contributed by atoms with Gasteiger partial charge in [-0.25, -0.2) is 0 Å². The molecule has 6 heteroatoms. The number of rotatable bonds is 6. The number of nitrogens with one attached hydrogen (secondary N) is 1. The molecule has 0 aromatic heterocycles. The first-order valence-electron chi connectivity index (χ1n) is 7.52. The van der Waals surface area contributed by atoms with Crippen LogP contribution in [0.3, 0.4) is 0 Å². The van der Waals surface area contributed by atoms with Crippen molar-refractivity contribution in [2.24, 2.45) is 0 Å². The van der Waals surface area contributed by atoms with Crippen LogP contribution in [0.25, 0.3) is 0 Å². The number of carbonyl (C=O) groups is 1. The summed E-state index contributed by atoms with van der Waals surface area (Å²) in [5.74, 6) is 0.327. The zero-order chi connectivity index (χ0) is 17.6. The van der Waals surface area contributed by atoms with Gasteiger partial charge in [-0.2, -0.15) is 13.2 Å². The summed E-state index contributed by atoms with van der Waals surface area (Å²) in [6.07, 6.45) is -4.54. The first kappa shape index (κ1) is 17.8. The van der Waals surface area contributed by atoms with Gasteiger partial charge < -0.3 is 10.1 Å². The first-order valence-corrected chi connectivity index (χ1v) is 7.52. The van der Waals surface area contributed by atoms with Gasteiger partial charge in [0.2, 0.25) is 0 Å². The molecule has 24 heavy (non-hydrogen) atoms. The summed E-state index contributed by atoms with van der Waals surface area (Å²) in [5, 5.41) is 2.71. The highest BCUT2D eigenvalue weighted by Gasteiger charge is 2.29. The monoisotopic (exact) mass is 337 g/mol. The number of halogens is 3. The molecule has 0 saturated heterocycles. The van der Waals surface area contributed by atoms with Crippen LogP contribution in [0.5, 0.6) is 5.75 Å². The van der Waals surface area contributed by atoms with Gasteiger partial charge in [-0.1, -0.05) is 30.3 Å². The van der Waals surface area contributed by atoms with Gasteiger partial charge in [-0.3, -0.25) is 4.79 Å². The number of benzene rings is 2. The van der Waals surface area contributed by atoms with E-state index in [4.69, 9.17) is 4.74 Å². The normalized spacial score (nSPS) is 12.5. The lowest BCUT2D eigenvalue weighted by Crippen LogP contribution is -2.37. The number of alkyl halides is 3. The van der Waals surface area contributed by atoms with E-state index in [9.17, 15) is 18.0 Å². The maximum absolute atomic E-state index is 12.5. The molecule has 0 aliphatic heterocycles. The first-order chi connectivity index (χ1) is 11.4. The molecule has 128 valence electrons. The summed E-state index contributed by atoms with van der Waals surface area (Å²) in [6.45, 7) is 1.97. The molecule has 1 atom stereocenters. The Morgan fingerprint density at radius 1 is 1.08 bits per heavy atom. The van der Waals surface area contributed by atoms with Gasteiger partial charge in [-0.05, 0) is 43.2 Å². The van der Waals surface area contributed by atoms with Gasteiger partial charge in [0.05, 0.1) is 5.56 Å². The Morgan fingerprint density at radius 3 is 2.29 bits per heavy atom. The van der Waals surface area contributed by atoms with Crippen molar-refractivity contribution in [1.29, 1.82) is 0 Å². The van der Waals surface area contributed by atoms with Gasteiger partial charge in [-0.15, -0.1) is 0 Å². The molecule has 0 radical (unpaired) electrons. The molecule has 0 unspecified atom stereocenters.